The van der Waals surface area contributed by atoms with Crippen molar-refractivity contribution in [3.8, 4) is 0 Å². The van der Waals surface area contributed by atoms with E-state index in [1.54, 1.807) is 16.1 Å². The molecule has 22 heavy (non-hydrogen) atoms. The molecule has 1 atom stereocenters. The van der Waals surface area contributed by atoms with Crippen LogP contribution in [-0.2, 0) is 7.05 Å². The number of carbonyl (C=O) groups is 1. The highest BCUT2D eigenvalue weighted by molar-refractivity contribution is 5.94. The minimum atomic E-state index is -0.240. The molecule has 3 aromatic rings. The number of carbonyl (C=O) groups excluding carboxylic acids is 1. The van der Waals surface area contributed by atoms with E-state index in [2.05, 4.69) is 20.4 Å². The topological polar surface area (TPSA) is 77.1 Å². The Morgan fingerprint density at radius 2 is 2.14 bits per heavy atom. The standard InChI is InChI=1S/C15H18N6O/c1-9-5-6-21-12(7-9)18-10(2)13(21)15(22)19-11(3)14-16-8-17-20(14)4/h5-8,11H,1-4H3,(H,19,22). The van der Waals surface area contributed by atoms with Crippen molar-refractivity contribution in [3.05, 3.63) is 47.4 Å². The fraction of sp³-hybridized carbons (Fsp3) is 0.333. The molecule has 0 aliphatic carbocycles. The van der Waals surface area contributed by atoms with Gasteiger partial charge in [-0.2, -0.15) is 5.10 Å². The average Bonchev–Trinajstić information content (AvgIpc) is 3.00. The summed E-state index contributed by atoms with van der Waals surface area (Å²) in [5.74, 6) is 0.528. The van der Waals surface area contributed by atoms with Gasteiger partial charge >= 0.3 is 0 Å². The first-order chi connectivity index (χ1) is 10.5. The van der Waals surface area contributed by atoms with E-state index in [0.717, 1.165) is 11.2 Å². The van der Waals surface area contributed by atoms with Crippen LogP contribution in [0, 0.1) is 13.8 Å². The van der Waals surface area contributed by atoms with Crippen LogP contribution in [-0.4, -0.2) is 30.1 Å². The lowest BCUT2D eigenvalue weighted by Crippen LogP contribution is -2.30. The summed E-state index contributed by atoms with van der Waals surface area (Å²) in [4.78, 5) is 21.2. The molecule has 3 aromatic heterocycles. The highest BCUT2D eigenvalue weighted by Crippen LogP contribution is 2.15. The lowest BCUT2D eigenvalue weighted by molar-refractivity contribution is 0.0931. The zero-order chi connectivity index (χ0) is 15.9. The number of hydrogen-bond donors (Lipinski definition) is 1. The molecule has 1 amide bonds. The number of imidazole rings is 1. The van der Waals surface area contributed by atoms with E-state index < -0.39 is 0 Å². The molecule has 0 aliphatic heterocycles. The van der Waals surface area contributed by atoms with E-state index in [4.69, 9.17) is 0 Å². The third-order valence-corrected chi connectivity index (χ3v) is 3.65. The third kappa shape index (κ3) is 2.34. The Bertz CT molecular complexity index is 847. The van der Waals surface area contributed by atoms with Crippen molar-refractivity contribution in [2.24, 2.45) is 7.05 Å². The van der Waals surface area contributed by atoms with Gasteiger partial charge in [0.25, 0.3) is 5.91 Å². The van der Waals surface area contributed by atoms with Crippen molar-refractivity contribution in [2.75, 3.05) is 0 Å². The second kappa shape index (κ2) is 5.25. The van der Waals surface area contributed by atoms with Gasteiger partial charge < -0.3 is 5.32 Å². The van der Waals surface area contributed by atoms with E-state index in [1.807, 2.05) is 39.1 Å². The molecular weight excluding hydrogens is 280 g/mol. The quantitative estimate of drug-likeness (QED) is 0.796. The minimum absolute atomic E-state index is 0.177. The summed E-state index contributed by atoms with van der Waals surface area (Å²) >= 11 is 0. The van der Waals surface area contributed by atoms with Crippen LogP contribution in [0.5, 0.6) is 0 Å². The minimum Gasteiger partial charge on any atom is -0.341 e. The highest BCUT2D eigenvalue weighted by Gasteiger charge is 2.20. The van der Waals surface area contributed by atoms with E-state index in [-0.39, 0.29) is 11.9 Å². The van der Waals surface area contributed by atoms with Gasteiger partial charge in [-0.3, -0.25) is 13.9 Å². The van der Waals surface area contributed by atoms with Gasteiger partial charge in [0, 0.05) is 13.2 Å². The maximum absolute atomic E-state index is 12.6. The van der Waals surface area contributed by atoms with Gasteiger partial charge in [0.15, 0.2) is 0 Å². The van der Waals surface area contributed by atoms with Crippen LogP contribution in [0.25, 0.3) is 5.65 Å². The molecule has 0 spiro atoms. The number of amides is 1. The summed E-state index contributed by atoms with van der Waals surface area (Å²) < 4.78 is 3.46. The number of hydrogen-bond acceptors (Lipinski definition) is 4. The molecule has 0 fully saturated rings. The Balaban J connectivity index is 1.92. The molecule has 7 heteroatoms. The highest BCUT2D eigenvalue weighted by atomic mass is 16.2. The van der Waals surface area contributed by atoms with Gasteiger partial charge in [-0.1, -0.05) is 0 Å². The predicted molar refractivity (Wildman–Crippen MR) is 81.6 cm³/mol. The lowest BCUT2D eigenvalue weighted by atomic mass is 10.2. The summed E-state index contributed by atoms with van der Waals surface area (Å²) in [5.41, 5.74) is 3.13. The van der Waals surface area contributed by atoms with Crippen LogP contribution >= 0.6 is 0 Å². The van der Waals surface area contributed by atoms with Crippen molar-refractivity contribution in [1.29, 1.82) is 0 Å². The van der Waals surface area contributed by atoms with Crippen molar-refractivity contribution < 1.29 is 4.79 Å². The van der Waals surface area contributed by atoms with Gasteiger partial charge in [0.1, 0.15) is 23.5 Å². The molecular formula is C15H18N6O. The lowest BCUT2D eigenvalue weighted by Gasteiger charge is -2.13. The molecule has 3 rings (SSSR count). The molecule has 1 N–H and O–H groups in total. The Hall–Kier alpha value is -2.70. The zero-order valence-electron chi connectivity index (χ0n) is 13.0. The maximum atomic E-state index is 12.6. The second-order valence-electron chi connectivity index (χ2n) is 5.42. The first kappa shape index (κ1) is 14.2. The van der Waals surface area contributed by atoms with Gasteiger partial charge in [-0.15, -0.1) is 0 Å². The first-order valence-electron chi connectivity index (χ1n) is 7.07. The fourth-order valence-electron chi connectivity index (χ4n) is 2.56. The molecule has 0 aliphatic rings. The SMILES string of the molecule is Cc1ccn2c(C(=O)NC(C)c3ncnn3C)c(C)nc2c1. The first-order valence-corrected chi connectivity index (χ1v) is 7.07. The fourth-order valence-corrected chi connectivity index (χ4v) is 2.56. The Kier molecular flexibility index (Phi) is 3.40. The number of fused-ring (bicyclic) bond motifs is 1. The molecule has 0 radical (unpaired) electrons. The molecule has 0 saturated heterocycles. The van der Waals surface area contributed by atoms with E-state index >= 15 is 0 Å². The molecule has 114 valence electrons. The monoisotopic (exact) mass is 298 g/mol. The van der Waals surface area contributed by atoms with Crippen LogP contribution in [0.2, 0.25) is 0 Å². The number of nitrogens with one attached hydrogen (secondary N) is 1. The number of aromatic nitrogens is 5. The van der Waals surface area contributed by atoms with Crippen LogP contribution in [0.3, 0.4) is 0 Å². The van der Waals surface area contributed by atoms with Gasteiger partial charge in [-0.25, -0.2) is 9.97 Å². The number of nitrogens with zero attached hydrogens (tertiary/aromatic N) is 5. The Labute approximate surface area is 128 Å². The second-order valence-corrected chi connectivity index (χ2v) is 5.42. The Morgan fingerprint density at radius 3 is 2.82 bits per heavy atom. The average molecular weight is 298 g/mol. The third-order valence-electron chi connectivity index (χ3n) is 3.65. The van der Waals surface area contributed by atoms with Crippen LogP contribution in [0.4, 0.5) is 0 Å². The summed E-state index contributed by atoms with van der Waals surface area (Å²) in [6.07, 6.45) is 3.34. The van der Waals surface area contributed by atoms with Crippen LogP contribution < -0.4 is 5.32 Å². The number of rotatable bonds is 3. The maximum Gasteiger partial charge on any atom is 0.270 e. The Morgan fingerprint density at radius 1 is 1.36 bits per heavy atom. The van der Waals surface area contributed by atoms with Crippen molar-refractivity contribution in [1.82, 2.24) is 29.5 Å². The van der Waals surface area contributed by atoms with Gasteiger partial charge in [0.05, 0.1) is 11.7 Å². The smallest absolute Gasteiger partial charge is 0.270 e. The van der Waals surface area contributed by atoms with E-state index in [0.29, 0.717) is 17.2 Å². The molecule has 0 aromatic carbocycles. The number of aryl methyl sites for hydroxylation is 3. The zero-order valence-corrected chi connectivity index (χ0v) is 13.0. The molecule has 3 heterocycles. The molecule has 0 saturated carbocycles. The molecule has 7 nitrogen and oxygen atoms in total. The van der Waals surface area contributed by atoms with E-state index in [9.17, 15) is 4.79 Å². The van der Waals surface area contributed by atoms with Crippen LogP contribution in [0.1, 0.15) is 40.5 Å². The van der Waals surface area contributed by atoms with Crippen LogP contribution in [0.15, 0.2) is 24.7 Å². The normalized spacial score (nSPS) is 12.5. The van der Waals surface area contributed by atoms with Crippen molar-refractivity contribution >= 4 is 11.6 Å². The molecule has 0 bridgehead atoms. The summed E-state index contributed by atoms with van der Waals surface area (Å²) in [6, 6.07) is 3.67. The predicted octanol–water partition coefficient (Wildman–Crippen LogP) is 1.57. The summed E-state index contributed by atoms with van der Waals surface area (Å²) in [6.45, 7) is 5.72. The van der Waals surface area contributed by atoms with Gasteiger partial charge in [-0.05, 0) is 38.5 Å². The summed E-state index contributed by atoms with van der Waals surface area (Å²) in [7, 11) is 1.80. The largest absolute Gasteiger partial charge is 0.341 e. The molecule has 1 unspecified atom stereocenters. The van der Waals surface area contributed by atoms with Crippen molar-refractivity contribution in [3.63, 3.8) is 0 Å². The van der Waals surface area contributed by atoms with E-state index in [1.165, 1.54) is 6.33 Å². The number of pyridine rings is 1. The van der Waals surface area contributed by atoms with Crippen molar-refractivity contribution in [2.45, 2.75) is 26.8 Å². The summed E-state index contributed by atoms with van der Waals surface area (Å²) in [5, 5.41) is 6.97. The van der Waals surface area contributed by atoms with Gasteiger partial charge in [0.2, 0.25) is 0 Å².